The molecule has 1 aliphatic rings. The van der Waals surface area contributed by atoms with E-state index in [-0.39, 0.29) is 11.7 Å². The van der Waals surface area contributed by atoms with Crippen molar-refractivity contribution in [3.8, 4) is 11.5 Å². The molecule has 0 N–H and O–H groups in total. The number of methoxy groups -OCH3 is 2. The molecule has 1 aliphatic carbocycles. The van der Waals surface area contributed by atoms with Crippen molar-refractivity contribution in [2.24, 2.45) is 5.92 Å². The van der Waals surface area contributed by atoms with Gasteiger partial charge in [0.15, 0.2) is 0 Å². The van der Waals surface area contributed by atoms with E-state index in [1.807, 2.05) is 18.2 Å². The molecule has 0 radical (unpaired) electrons. The summed E-state index contributed by atoms with van der Waals surface area (Å²) in [6.45, 7) is 1.65. The van der Waals surface area contributed by atoms with Crippen molar-refractivity contribution in [1.82, 2.24) is 0 Å². The number of ether oxygens (including phenoxy) is 2. The average Bonchev–Trinajstić information content (AvgIpc) is 3.08. The van der Waals surface area contributed by atoms with E-state index < -0.39 is 0 Å². The van der Waals surface area contributed by atoms with Crippen molar-refractivity contribution in [3.63, 3.8) is 0 Å². The van der Waals surface area contributed by atoms with E-state index in [1.165, 1.54) is 0 Å². The zero-order valence-electron chi connectivity index (χ0n) is 9.82. The Labute approximate surface area is 95.4 Å². The number of Topliss-reactive ketones (excluding diaryl/α,β-unsaturated/α-hetero) is 1. The molecule has 1 saturated carbocycles. The number of carbonyl (C=O) groups is 1. The van der Waals surface area contributed by atoms with E-state index in [4.69, 9.17) is 9.47 Å². The first-order chi connectivity index (χ1) is 7.65. The van der Waals surface area contributed by atoms with Crippen molar-refractivity contribution in [1.29, 1.82) is 0 Å². The van der Waals surface area contributed by atoms with Gasteiger partial charge in [-0.2, -0.15) is 0 Å². The summed E-state index contributed by atoms with van der Waals surface area (Å²) < 4.78 is 10.4. The second kappa shape index (κ2) is 4.16. The van der Waals surface area contributed by atoms with Crippen LogP contribution in [0, 0.1) is 5.92 Å². The summed E-state index contributed by atoms with van der Waals surface area (Å²) in [4.78, 5) is 11.2. The van der Waals surface area contributed by atoms with E-state index >= 15 is 0 Å². The zero-order valence-corrected chi connectivity index (χ0v) is 9.82. The topological polar surface area (TPSA) is 35.5 Å². The van der Waals surface area contributed by atoms with Crippen LogP contribution in [-0.4, -0.2) is 20.0 Å². The minimum atomic E-state index is 0.191. The van der Waals surface area contributed by atoms with Crippen molar-refractivity contribution < 1.29 is 14.3 Å². The number of hydrogen-bond acceptors (Lipinski definition) is 3. The summed E-state index contributed by atoms with van der Waals surface area (Å²) >= 11 is 0. The molecule has 0 spiro atoms. The minimum Gasteiger partial charge on any atom is -0.497 e. The molecule has 1 aromatic carbocycles. The molecule has 1 aromatic rings. The number of hydrogen-bond donors (Lipinski definition) is 0. The van der Waals surface area contributed by atoms with Crippen LogP contribution in [-0.2, 0) is 4.79 Å². The van der Waals surface area contributed by atoms with Gasteiger partial charge in [-0.05, 0) is 37.0 Å². The first kappa shape index (κ1) is 11.0. The van der Waals surface area contributed by atoms with Crippen LogP contribution in [0.25, 0.3) is 0 Å². The van der Waals surface area contributed by atoms with Gasteiger partial charge in [0.1, 0.15) is 17.3 Å². The predicted molar refractivity (Wildman–Crippen MR) is 61.1 cm³/mol. The Morgan fingerprint density at radius 1 is 1.19 bits per heavy atom. The SMILES string of the molecule is COc1cc(OC)cc(C2CC2C(C)=O)c1. The Morgan fingerprint density at radius 3 is 2.12 bits per heavy atom. The fourth-order valence-electron chi connectivity index (χ4n) is 2.06. The van der Waals surface area contributed by atoms with Gasteiger partial charge in [0.2, 0.25) is 0 Å². The second-order valence-electron chi connectivity index (χ2n) is 4.21. The summed E-state index contributed by atoms with van der Waals surface area (Å²) in [5.41, 5.74) is 1.14. The highest BCUT2D eigenvalue weighted by molar-refractivity contribution is 5.82. The summed E-state index contributed by atoms with van der Waals surface area (Å²) in [6.07, 6.45) is 0.950. The Kier molecular flexibility index (Phi) is 2.86. The Hall–Kier alpha value is -1.51. The molecule has 0 aromatic heterocycles. The maximum Gasteiger partial charge on any atom is 0.133 e. The first-order valence-corrected chi connectivity index (χ1v) is 5.39. The van der Waals surface area contributed by atoms with E-state index in [0.29, 0.717) is 5.92 Å². The van der Waals surface area contributed by atoms with Gasteiger partial charge in [0.05, 0.1) is 14.2 Å². The fourth-order valence-corrected chi connectivity index (χ4v) is 2.06. The van der Waals surface area contributed by atoms with Crippen LogP contribution < -0.4 is 9.47 Å². The summed E-state index contributed by atoms with van der Waals surface area (Å²) in [7, 11) is 3.27. The number of rotatable bonds is 4. The highest BCUT2D eigenvalue weighted by atomic mass is 16.5. The number of ketones is 1. The average molecular weight is 220 g/mol. The van der Waals surface area contributed by atoms with Crippen LogP contribution >= 0.6 is 0 Å². The molecule has 0 bridgehead atoms. The smallest absolute Gasteiger partial charge is 0.133 e. The van der Waals surface area contributed by atoms with Crippen LogP contribution in [0.1, 0.15) is 24.8 Å². The van der Waals surface area contributed by atoms with Gasteiger partial charge in [-0.15, -0.1) is 0 Å². The largest absolute Gasteiger partial charge is 0.497 e. The first-order valence-electron chi connectivity index (χ1n) is 5.39. The Morgan fingerprint density at radius 2 is 1.75 bits per heavy atom. The normalized spacial score (nSPS) is 22.7. The van der Waals surface area contributed by atoms with Gasteiger partial charge in [-0.3, -0.25) is 4.79 Å². The number of carbonyl (C=O) groups excluding carboxylic acids is 1. The monoisotopic (exact) mass is 220 g/mol. The van der Waals surface area contributed by atoms with E-state index in [0.717, 1.165) is 23.5 Å². The maximum atomic E-state index is 11.2. The van der Waals surface area contributed by atoms with Crippen molar-refractivity contribution in [3.05, 3.63) is 23.8 Å². The molecule has 0 heterocycles. The van der Waals surface area contributed by atoms with E-state index in [2.05, 4.69) is 0 Å². The zero-order chi connectivity index (χ0) is 11.7. The van der Waals surface area contributed by atoms with Crippen molar-refractivity contribution in [2.45, 2.75) is 19.3 Å². The van der Waals surface area contributed by atoms with Crippen LogP contribution in [0.3, 0.4) is 0 Å². The molecule has 1 fully saturated rings. The Balaban J connectivity index is 2.24. The van der Waals surface area contributed by atoms with Gasteiger partial charge >= 0.3 is 0 Å². The molecular formula is C13H16O3. The minimum absolute atomic E-state index is 0.191. The third-order valence-electron chi connectivity index (χ3n) is 3.11. The van der Waals surface area contributed by atoms with Crippen LogP contribution in [0.5, 0.6) is 11.5 Å². The Bertz CT molecular complexity index is 389. The van der Waals surface area contributed by atoms with E-state index in [1.54, 1.807) is 21.1 Å². The van der Waals surface area contributed by atoms with Crippen molar-refractivity contribution in [2.75, 3.05) is 14.2 Å². The molecule has 16 heavy (non-hydrogen) atoms. The van der Waals surface area contributed by atoms with Gasteiger partial charge in [0.25, 0.3) is 0 Å². The number of benzene rings is 1. The molecule has 0 aliphatic heterocycles. The van der Waals surface area contributed by atoms with Gasteiger partial charge in [0, 0.05) is 12.0 Å². The molecule has 2 atom stereocenters. The highest BCUT2D eigenvalue weighted by Gasteiger charge is 2.42. The van der Waals surface area contributed by atoms with Gasteiger partial charge < -0.3 is 9.47 Å². The van der Waals surface area contributed by atoms with Crippen LogP contribution in [0.4, 0.5) is 0 Å². The van der Waals surface area contributed by atoms with Crippen LogP contribution in [0.2, 0.25) is 0 Å². The molecular weight excluding hydrogens is 204 g/mol. The van der Waals surface area contributed by atoms with Crippen LogP contribution in [0.15, 0.2) is 18.2 Å². The summed E-state index contributed by atoms with van der Waals surface area (Å²) in [6, 6.07) is 5.81. The molecule has 0 saturated heterocycles. The maximum absolute atomic E-state index is 11.2. The van der Waals surface area contributed by atoms with Gasteiger partial charge in [-0.25, -0.2) is 0 Å². The lowest BCUT2D eigenvalue weighted by Crippen LogP contribution is -1.96. The predicted octanol–water partition coefficient (Wildman–Crippen LogP) is 2.40. The molecule has 2 rings (SSSR count). The van der Waals surface area contributed by atoms with Gasteiger partial charge in [-0.1, -0.05) is 0 Å². The fraction of sp³-hybridized carbons (Fsp3) is 0.462. The van der Waals surface area contributed by atoms with Crippen molar-refractivity contribution >= 4 is 5.78 Å². The molecule has 3 heteroatoms. The molecule has 0 amide bonds. The second-order valence-corrected chi connectivity index (χ2v) is 4.21. The summed E-state index contributed by atoms with van der Waals surface area (Å²) in [5.74, 6) is 2.37. The third-order valence-corrected chi connectivity index (χ3v) is 3.11. The lowest BCUT2D eigenvalue weighted by molar-refractivity contribution is -0.118. The lowest BCUT2D eigenvalue weighted by atomic mass is 10.1. The molecule has 86 valence electrons. The quantitative estimate of drug-likeness (QED) is 0.781. The highest BCUT2D eigenvalue weighted by Crippen LogP contribution is 2.49. The third kappa shape index (κ3) is 2.03. The standard InChI is InChI=1S/C13H16O3/c1-8(14)12-7-13(12)9-4-10(15-2)6-11(5-9)16-3/h4-6,12-13H,7H2,1-3H3. The van der Waals surface area contributed by atoms with E-state index in [9.17, 15) is 4.79 Å². The lowest BCUT2D eigenvalue weighted by Gasteiger charge is -2.07. The molecule has 2 unspecified atom stereocenters. The molecule has 3 nitrogen and oxygen atoms in total. The summed E-state index contributed by atoms with van der Waals surface area (Å²) in [5, 5.41) is 0.